The fraction of sp³-hybridized carbons (Fsp3) is 0.400. The summed E-state index contributed by atoms with van der Waals surface area (Å²) in [4.78, 5) is 15.0. The summed E-state index contributed by atoms with van der Waals surface area (Å²) in [6.07, 6.45) is 2.04. The van der Waals surface area contributed by atoms with E-state index in [2.05, 4.69) is 22.4 Å². The zero-order chi connectivity index (χ0) is 18.8. The van der Waals surface area contributed by atoms with Crippen molar-refractivity contribution in [3.8, 4) is 17.6 Å². The van der Waals surface area contributed by atoms with Gasteiger partial charge in [0.25, 0.3) is 0 Å². The van der Waals surface area contributed by atoms with E-state index in [0.29, 0.717) is 23.8 Å². The van der Waals surface area contributed by atoms with Crippen LogP contribution in [0.5, 0.6) is 11.5 Å². The van der Waals surface area contributed by atoms with Crippen LogP contribution < -0.4 is 14.8 Å². The number of hydrogen-bond donors (Lipinski definition) is 1. The molecule has 0 aliphatic carbocycles. The van der Waals surface area contributed by atoms with E-state index < -0.39 is 0 Å². The summed E-state index contributed by atoms with van der Waals surface area (Å²) in [5.41, 5.74) is 1.65. The first-order valence-corrected chi connectivity index (χ1v) is 9.99. The third-order valence-electron chi connectivity index (χ3n) is 5.14. The largest absolute Gasteiger partial charge is 0.486 e. The molecule has 0 saturated carbocycles. The summed E-state index contributed by atoms with van der Waals surface area (Å²) in [7, 11) is 0. The second-order valence-electron chi connectivity index (χ2n) is 6.74. The second-order valence-corrected chi connectivity index (χ2v) is 7.66. The highest BCUT2D eigenvalue weighted by Crippen LogP contribution is 2.39. The SMILES string of the molecule is C[C@H](C(=O)Nc1sccc1C#N)N1CCC[C@H]1c1ccc2c(c1)OCCO2. The molecule has 2 aromatic rings. The molecule has 4 rings (SSSR count). The van der Waals surface area contributed by atoms with Gasteiger partial charge in [0, 0.05) is 6.04 Å². The standard InChI is InChI=1S/C20H21N3O3S/c1-13(19(24)22-20-15(12-21)6-10-27-20)23-7-2-3-16(23)14-4-5-17-18(11-14)26-9-8-25-17/h4-6,10-11,13,16H,2-3,7-9H2,1H3,(H,22,24)/t13-,16+/m1/s1. The van der Waals surface area contributed by atoms with Crippen molar-refractivity contribution in [2.45, 2.75) is 31.8 Å². The molecule has 2 aliphatic rings. The number of benzene rings is 1. The number of rotatable bonds is 4. The van der Waals surface area contributed by atoms with Gasteiger partial charge in [-0.25, -0.2) is 0 Å². The third-order valence-corrected chi connectivity index (χ3v) is 5.97. The van der Waals surface area contributed by atoms with Gasteiger partial charge in [-0.15, -0.1) is 11.3 Å². The van der Waals surface area contributed by atoms with Crippen LogP contribution in [0.4, 0.5) is 5.00 Å². The van der Waals surface area contributed by atoms with Crippen molar-refractivity contribution >= 4 is 22.2 Å². The van der Waals surface area contributed by atoms with Gasteiger partial charge in [0.2, 0.25) is 5.91 Å². The van der Waals surface area contributed by atoms with Crippen LogP contribution in [0, 0.1) is 11.3 Å². The van der Waals surface area contributed by atoms with Crippen molar-refractivity contribution in [2.75, 3.05) is 25.1 Å². The van der Waals surface area contributed by atoms with Crippen molar-refractivity contribution in [2.24, 2.45) is 0 Å². The van der Waals surface area contributed by atoms with Crippen molar-refractivity contribution in [1.82, 2.24) is 4.90 Å². The highest BCUT2D eigenvalue weighted by Gasteiger charge is 2.34. The molecule has 27 heavy (non-hydrogen) atoms. The topological polar surface area (TPSA) is 74.6 Å². The normalized spacial score (nSPS) is 20.1. The molecule has 1 amide bonds. The Morgan fingerprint density at radius 3 is 2.96 bits per heavy atom. The van der Waals surface area contributed by atoms with Gasteiger partial charge >= 0.3 is 0 Å². The number of thiophene rings is 1. The first kappa shape index (κ1) is 17.8. The Hall–Kier alpha value is -2.56. The molecule has 6 nitrogen and oxygen atoms in total. The van der Waals surface area contributed by atoms with Crippen LogP contribution in [0.3, 0.4) is 0 Å². The minimum atomic E-state index is -0.292. The molecular formula is C20H21N3O3S. The first-order chi connectivity index (χ1) is 13.2. The number of nitrogens with one attached hydrogen (secondary N) is 1. The monoisotopic (exact) mass is 383 g/mol. The number of nitrogens with zero attached hydrogens (tertiary/aromatic N) is 2. The first-order valence-electron chi connectivity index (χ1n) is 9.11. The van der Waals surface area contributed by atoms with E-state index in [4.69, 9.17) is 14.7 Å². The van der Waals surface area contributed by atoms with Gasteiger partial charge in [0.1, 0.15) is 24.3 Å². The van der Waals surface area contributed by atoms with Gasteiger partial charge in [-0.2, -0.15) is 5.26 Å². The van der Waals surface area contributed by atoms with Gasteiger partial charge < -0.3 is 14.8 Å². The summed E-state index contributed by atoms with van der Waals surface area (Å²) >= 11 is 1.37. The molecule has 0 bridgehead atoms. The number of nitriles is 1. The predicted molar refractivity (Wildman–Crippen MR) is 103 cm³/mol. The van der Waals surface area contributed by atoms with Gasteiger partial charge in [-0.05, 0) is 55.5 Å². The Labute approximate surface area is 162 Å². The van der Waals surface area contributed by atoms with Crippen LogP contribution in [0.25, 0.3) is 0 Å². The van der Waals surface area contributed by atoms with E-state index >= 15 is 0 Å². The minimum Gasteiger partial charge on any atom is -0.486 e. The molecule has 1 fully saturated rings. The van der Waals surface area contributed by atoms with Crippen molar-refractivity contribution in [3.05, 3.63) is 40.8 Å². The zero-order valence-electron chi connectivity index (χ0n) is 15.1. The Morgan fingerprint density at radius 2 is 2.15 bits per heavy atom. The van der Waals surface area contributed by atoms with Crippen LogP contribution in [0.2, 0.25) is 0 Å². The lowest BCUT2D eigenvalue weighted by Gasteiger charge is -2.30. The number of hydrogen-bond acceptors (Lipinski definition) is 6. The summed E-state index contributed by atoms with van der Waals surface area (Å²) in [5.74, 6) is 1.47. The maximum absolute atomic E-state index is 12.8. The lowest BCUT2D eigenvalue weighted by molar-refractivity contribution is -0.121. The zero-order valence-corrected chi connectivity index (χ0v) is 15.9. The molecule has 2 atom stereocenters. The molecule has 0 radical (unpaired) electrons. The van der Waals surface area contributed by atoms with Gasteiger partial charge in [-0.3, -0.25) is 9.69 Å². The smallest absolute Gasteiger partial charge is 0.242 e. The fourth-order valence-electron chi connectivity index (χ4n) is 3.74. The van der Waals surface area contributed by atoms with E-state index in [0.717, 1.165) is 36.4 Å². The number of carbonyl (C=O) groups is 1. The van der Waals surface area contributed by atoms with Gasteiger partial charge in [0.15, 0.2) is 11.5 Å². The van der Waals surface area contributed by atoms with E-state index in [-0.39, 0.29) is 18.0 Å². The van der Waals surface area contributed by atoms with Gasteiger partial charge in [0.05, 0.1) is 11.6 Å². The van der Waals surface area contributed by atoms with Crippen LogP contribution in [0.1, 0.15) is 36.9 Å². The maximum atomic E-state index is 12.8. The molecule has 7 heteroatoms. The van der Waals surface area contributed by atoms with E-state index in [9.17, 15) is 4.79 Å². The second kappa shape index (κ2) is 7.59. The van der Waals surface area contributed by atoms with Crippen LogP contribution >= 0.6 is 11.3 Å². The molecule has 1 aromatic heterocycles. The lowest BCUT2D eigenvalue weighted by atomic mass is 10.0. The molecule has 140 valence electrons. The van der Waals surface area contributed by atoms with E-state index in [1.165, 1.54) is 11.3 Å². The summed E-state index contributed by atoms with van der Waals surface area (Å²) in [5, 5.41) is 14.5. The number of amides is 1. The van der Waals surface area contributed by atoms with Crippen LogP contribution in [0.15, 0.2) is 29.6 Å². The number of ether oxygens (including phenoxy) is 2. The van der Waals surface area contributed by atoms with Crippen molar-refractivity contribution in [1.29, 1.82) is 5.26 Å². The minimum absolute atomic E-state index is 0.0848. The fourth-order valence-corrected chi connectivity index (χ4v) is 4.48. The highest BCUT2D eigenvalue weighted by molar-refractivity contribution is 7.14. The van der Waals surface area contributed by atoms with Crippen LogP contribution in [-0.2, 0) is 4.79 Å². The molecule has 2 aliphatic heterocycles. The van der Waals surface area contributed by atoms with Crippen molar-refractivity contribution in [3.63, 3.8) is 0 Å². The average molecular weight is 383 g/mol. The number of likely N-dealkylation sites (tertiary alicyclic amines) is 1. The molecule has 3 heterocycles. The number of fused-ring (bicyclic) bond motifs is 1. The molecule has 0 spiro atoms. The Balaban J connectivity index is 1.50. The molecule has 0 unspecified atom stereocenters. The third kappa shape index (κ3) is 3.51. The van der Waals surface area contributed by atoms with Crippen molar-refractivity contribution < 1.29 is 14.3 Å². The summed E-state index contributed by atoms with van der Waals surface area (Å²) in [6.45, 7) is 3.92. The number of anilines is 1. The molecule has 1 N–H and O–H groups in total. The molecule has 1 saturated heterocycles. The molecular weight excluding hydrogens is 362 g/mol. The van der Waals surface area contributed by atoms with Crippen LogP contribution in [-0.4, -0.2) is 36.6 Å². The maximum Gasteiger partial charge on any atom is 0.242 e. The Bertz CT molecular complexity index is 889. The Kier molecular flexibility index (Phi) is 5.01. The van der Waals surface area contributed by atoms with E-state index in [1.54, 1.807) is 6.07 Å². The summed E-state index contributed by atoms with van der Waals surface area (Å²) < 4.78 is 11.3. The lowest BCUT2D eigenvalue weighted by Crippen LogP contribution is -2.41. The quantitative estimate of drug-likeness (QED) is 0.874. The average Bonchev–Trinajstić information content (AvgIpc) is 3.36. The number of carbonyl (C=O) groups excluding carboxylic acids is 1. The predicted octanol–water partition coefficient (Wildman–Crippen LogP) is 3.56. The highest BCUT2D eigenvalue weighted by atomic mass is 32.1. The Morgan fingerprint density at radius 1 is 1.33 bits per heavy atom. The van der Waals surface area contributed by atoms with E-state index in [1.807, 2.05) is 24.4 Å². The summed E-state index contributed by atoms with van der Waals surface area (Å²) in [6, 6.07) is 9.76. The van der Waals surface area contributed by atoms with Gasteiger partial charge in [-0.1, -0.05) is 6.07 Å². The molecule has 1 aromatic carbocycles.